The number of nitrogens with zero attached hydrogens (tertiary/aromatic N) is 4. The van der Waals surface area contributed by atoms with Crippen LogP contribution < -0.4 is 5.32 Å². The third-order valence-corrected chi connectivity index (χ3v) is 5.00. The van der Waals surface area contributed by atoms with Crippen molar-refractivity contribution < 1.29 is 23.1 Å². The van der Waals surface area contributed by atoms with Crippen LogP contribution in [0.15, 0.2) is 24.4 Å². The van der Waals surface area contributed by atoms with Gasteiger partial charge in [0.25, 0.3) is 5.91 Å². The molecule has 0 radical (unpaired) electrons. The Morgan fingerprint density at radius 3 is 2.47 bits per heavy atom. The van der Waals surface area contributed by atoms with Gasteiger partial charge >= 0.3 is 6.09 Å². The molecule has 1 aromatic carbocycles. The van der Waals surface area contributed by atoms with Gasteiger partial charge in [-0.05, 0) is 32.9 Å². The maximum atomic E-state index is 14.2. The first-order chi connectivity index (χ1) is 15.0. The summed E-state index contributed by atoms with van der Waals surface area (Å²) in [6.45, 7) is 8.95. The molecule has 2 heterocycles. The molecule has 8 nitrogen and oxygen atoms in total. The summed E-state index contributed by atoms with van der Waals surface area (Å²) >= 11 is 0. The van der Waals surface area contributed by atoms with Crippen molar-refractivity contribution in [1.82, 2.24) is 24.9 Å². The van der Waals surface area contributed by atoms with Gasteiger partial charge in [0, 0.05) is 64.1 Å². The van der Waals surface area contributed by atoms with Crippen LogP contribution in [0.3, 0.4) is 0 Å². The van der Waals surface area contributed by atoms with Crippen molar-refractivity contribution in [3.05, 3.63) is 41.6 Å². The average molecular weight is 450 g/mol. The summed E-state index contributed by atoms with van der Waals surface area (Å²) in [4.78, 5) is 28.7. The molecular weight excluding hydrogens is 420 g/mol. The lowest BCUT2D eigenvalue weighted by Crippen LogP contribution is -2.51. The molecule has 3 rings (SSSR count). The highest BCUT2D eigenvalue weighted by atomic mass is 19.1. The minimum absolute atomic E-state index is 0.0652. The number of aromatic nitrogens is 2. The van der Waals surface area contributed by atoms with Gasteiger partial charge in [0.1, 0.15) is 22.9 Å². The van der Waals surface area contributed by atoms with Gasteiger partial charge in [-0.2, -0.15) is 5.10 Å². The van der Waals surface area contributed by atoms with E-state index in [9.17, 15) is 18.4 Å². The molecule has 1 aliphatic rings. The average Bonchev–Trinajstić information content (AvgIpc) is 3.08. The number of amides is 2. The molecule has 174 valence electrons. The molecule has 1 saturated heterocycles. The topological polar surface area (TPSA) is 79.7 Å². The highest BCUT2D eigenvalue weighted by Crippen LogP contribution is 2.25. The fourth-order valence-electron chi connectivity index (χ4n) is 3.44. The molecule has 10 heteroatoms. The van der Waals surface area contributed by atoms with Crippen molar-refractivity contribution in [2.45, 2.75) is 26.4 Å². The number of carbonyl (C=O) groups is 2. The smallest absolute Gasteiger partial charge is 0.410 e. The van der Waals surface area contributed by atoms with E-state index in [2.05, 4.69) is 15.3 Å². The summed E-state index contributed by atoms with van der Waals surface area (Å²) in [5.74, 6) is -1.86. The van der Waals surface area contributed by atoms with E-state index in [-0.39, 0.29) is 28.8 Å². The van der Waals surface area contributed by atoms with E-state index < -0.39 is 17.2 Å². The maximum Gasteiger partial charge on any atom is 0.410 e. The quantitative estimate of drug-likeness (QED) is 0.759. The van der Waals surface area contributed by atoms with E-state index in [1.54, 1.807) is 11.9 Å². The highest BCUT2D eigenvalue weighted by Gasteiger charge is 2.26. The standard InChI is InChI=1S/C22H29F2N5O3/c1-22(2,3)32-21(31)29-11-9-28(10-12-29)8-7-25-20(30)17-14-27(4)26-19(17)16-6-5-15(23)13-18(16)24/h5-6,13-14H,7-12H2,1-4H3,(H,25,30). The molecule has 1 aliphatic heterocycles. The SMILES string of the molecule is Cn1cc(C(=O)NCCN2CCN(C(=O)OC(C)(C)C)CC2)c(-c2ccc(F)cc2F)n1. The second-order valence-electron chi connectivity index (χ2n) is 8.75. The lowest BCUT2D eigenvalue weighted by molar-refractivity contribution is 0.0147. The molecule has 1 aromatic heterocycles. The Bertz CT molecular complexity index is 978. The largest absolute Gasteiger partial charge is 0.444 e. The number of rotatable bonds is 5. The molecule has 1 fully saturated rings. The molecule has 1 N–H and O–H groups in total. The van der Waals surface area contributed by atoms with Crippen molar-refractivity contribution in [3.63, 3.8) is 0 Å². The number of hydrogen-bond acceptors (Lipinski definition) is 5. The fourth-order valence-corrected chi connectivity index (χ4v) is 3.44. The lowest BCUT2D eigenvalue weighted by atomic mass is 10.1. The Morgan fingerprint density at radius 2 is 1.84 bits per heavy atom. The Labute approximate surface area is 186 Å². The summed E-state index contributed by atoms with van der Waals surface area (Å²) in [6.07, 6.45) is 1.19. The number of benzene rings is 1. The first-order valence-corrected chi connectivity index (χ1v) is 10.5. The second kappa shape index (κ2) is 9.64. The van der Waals surface area contributed by atoms with Crippen molar-refractivity contribution >= 4 is 12.0 Å². The van der Waals surface area contributed by atoms with Crippen LogP contribution in [-0.2, 0) is 11.8 Å². The van der Waals surface area contributed by atoms with E-state index in [4.69, 9.17) is 4.74 Å². The molecular formula is C22H29F2N5O3. The van der Waals surface area contributed by atoms with Crippen LogP contribution >= 0.6 is 0 Å². The maximum absolute atomic E-state index is 14.2. The van der Waals surface area contributed by atoms with Crippen LogP contribution in [0.5, 0.6) is 0 Å². The van der Waals surface area contributed by atoms with Crippen molar-refractivity contribution in [2.24, 2.45) is 7.05 Å². The van der Waals surface area contributed by atoms with Crippen LogP contribution in [0, 0.1) is 11.6 Å². The Balaban J connectivity index is 1.52. The first-order valence-electron chi connectivity index (χ1n) is 10.5. The molecule has 0 atom stereocenters. The summed E-state index contributed by atoms with van der Waals surface area (Å²) in [6, 6.07) is 3.17. The van der Waals surface area contributed by atoms with Crippen LogP contribution in [0.25, 0.3) is 11.3 Å². The first kappa shape index (κ1) is 23.6. The molecule has 0 bridgehead atoms. The van der Waals surface area contributed by atoms with Crippen LogP contribution in [0.4, 0.5) is 13.6 Å². The van der Waals surface area contributed by atoms with Crippen molar-refractivity contribution in [1.29, 1.82) is 0 Å². The predicted octanol–water partition coefficient (Wildman–Crippen LogP) is 2.65. The van der Waals surface area contributed by atoms with E-state index in [1.165, 1.54) is 16.9 Å². The number of ether oxygens (including phenoxy) is 1. The van der Waals surface area contributed by atoms with E-state index in [0.717, 1.165) is 12.1 Å². The van der Waals surface area contributed by atoms with E-state index >= 15 is 0 Å². The van der Waals surface area contributed by atoms with Gasteiger partial charge in [-0.3, -0.25) is 14.4 Å². The summed E-state index contributed by atoms with van der Waals surface area (Å²) < 4.78 is 34.2. The van der Waals surface area contributed by atoms with E-state index in [0.29, 0.717) is 39.3 Å². The molecule has 0 unspecified atom stereocenters. The van der Waals surface area contributed by atoms with Gasteiger partial charge in [-0.15, -0.1) is 0 Å². The number of piperazine rings is 1. The zero-order valence-electron chi connectivity index (χ0n) is 18.8. The zero-order chi connectivity index (χ0) is 23.5. The van der Waals surface area contributed by atoms with Gasteiger partial charge in [-0.1, -0.05) is 0 Å². The Hall–Kier alpha value is -3.01. The van der Waals surface area contributed by atoms with Crippen molar-refractivity contribution in [2.75, 3.05) is 39.3 Å². The van der Waals surface area contributed by atoms with Crippen LogP contribution in [-0.4, -0.2) is 76.5 Å². The normalized spacial score (nSPS) is 15.0. The number of carbonyl (C=O) groups excluding carboxylic acids is 2. The number of nitrogens with one attached hydrogen (secondary N) is 1. The zero-order valence-corrected chi connectivity index (χ0v) is 18.8. The molecule has 0 aliphatic carbocycles. The molecule has 0 saturated carbocycles. The monoisotopic (exact) mass is 449 g/mol. The number of aryl methyl sites for hydroxylation is 1. The highest BCUT2D eigenvalue weighted by molar-refractivity contribution is 5.99. The van der Waals surface area contributed by atoms with Crippen LogP contribution in [0.1, 0.15) is 31.1 Å². The van der Waals surface area contributed by atoms with E-state index in [1.807, 2.05) is 20.8 Å². The third-order valence-electron chi connectivity index (χ3n) is 5.00. The minimum atomic E-state index is -0.777. The van der Waals surface area contributed by atoms with Crippen molar-refractivity contribution in [3.8, 4) is 11.3 Å². The molecule has 2 amide bonds. The van der Waals surface area contributed by atoms with Crippen LogP contribution in [0.2, 0.25) is 0 Å². The second-order valence-corrected chi connectivity index (χ2v) is 8.75. The summed E-state index contributed by atoms with van der Waals surface area (Å²) in [5.41, 5.74) is -0.0860. The third kappa shape index (κ3) is 6.03. The van der Waals surface area contributed by atoms with Gasteiger partial charge in [0.05, 0.1) is 5.56 Å². The predicted molar refractivity (Wildman–Crippen MR) is 115 cm³/mol. The molecule has 32 heavy (non-hydrogen) atoms. The molecule has 2 aromatic rings. The fraction of sp³-hybridized carbons (Fsp3) is 0.500. The minimum Gasteiger partial charge on any atom is -0.444 e. The number of hydrogen-bond donors (Lipinski definition) is 1. The lowest BCUT2D eigenvalue weighted by Gasteiger charge is -2.35. The van der Waals surface area contributed by atoms with Gasteiger partial charge < -0.3 is 15.0 Å². The van der Waals surface area contributed by atoms with Gasteiger partial charge in [0.15, 0.2) is 0 Å². The Morgan fingerprint density at radius 1 is 1.16 bits per heavy atom. The van der Waals surface area contributed by atoms with Gasteiger partial charge in [-0.25, -0.2) is 13.6 Å². The summed E-state index contributed by atoms with van der Waals surface area (Å²) in [7, 11) is 1.63. The molecule has 0 spiro atoms. The number of halogens is 2. The Kier molecular flexibility index (Phi) is 7.12. The summed E-state index contributed by atoms with van der Waals surface area (Å²) in [5, 5.41) is 7.00. The van der Waals surface area contributed by atoms with Gasteiger partial charge in [0.2, 0.25) is 0 Å².